The van der Waals surface area contributed by atoms with E-state index in [1.165, 1.54) is 0 Å². The maximum atomic E-state index is 5.58. The Bertz CT molecular complexity index is 214. The van der Waals surface area contributed by atoms with E-state index in [0.29, 0.717) is 0 Å². The van der Waals surface area contributed by atoms with Crippen molar-refractivity contribution in [1.29, 1.82) is 0 Å². The summed E-state index contributed by atoms with van der Waals surface area (Å²) in [5.74, 6) is 0. The van der Waals surface area contributed by atoms with Gasteiger partial charge in [0.15, 0.2) is 0 Å². The summed E-state index contributed by atoms with van der Waals surface area (Å²) in [6, 6.07) is 0. The Hall–Kier alpha value is 3.13. The molecule has 22 heavy (non-hydrogen) atoms. The van der Waals surface area contributed by atoms with Crippen LogP contribution in [0.25, 0.3) is 0 Å². The Morgan fingerprint density at radius 2 is 0.455 bits per heavy atom. The van der Waals surface area contributed by atoms with Crippen molar-refractivity contribution < 1.29 is 22.4 Å². The standard InChI is InChI=1S/3C4H10Cl2Si.Ta/c3*1-7(2,3)4(5)6;/h3*4H,1-3H3;. The van der Waals surface area contributed by atoms with Crippen LogP contribution in [-0.4, -0.2) is 37.6 Å². The van der Waals surface area contributed by atoms with Crippen LogP contribution in [0.15, 0.2) is 0 Å². The molecule has 0 unspecified atom stereocenters. The smallest absolute Gasteiger partial charge is 0.0969 e. The molecule has 10 heteroatoms. The van der Waals surface area contributed by atoms with Crippen LogP contribution < -0.4 is 0 Å². The third-order valence-electron chi connectivity index (χ3n) is 1.96. The topological polar surface area (TPSA) is 0 Å². The van der Waals surface area contributed by atoms with Gasteiger partial charge in [0.05, 0.1) is 37.6 Å². The van der Waals surface area contributed by atoms with Gasteiger partial charge in [0.2, 0.25) is 0 Å². The molecule has 137 valence electrons. The van der Waals surface area contributed by atoms with Gasteiger partial charge in [0, 0.05) is 22.4 Å². The van der Waals surface area contributed by atoms with Gasteiger partial charge >= 0.3 is 0 Å². The van der Waals surface area contributed by atoms with Crippen LogP contribution in [0.3, 0.4) is 0 Å². The molecule has 0 spiro atoms. The number of rotatable bonds is 3. The molecule has 0 aliphatic rings. The largest absolute Gasteiger partial charge is 0.109 e. The van der Waals surface area contributed by atoms with E-state index in [1.807, 2.05) is 0 Å². The zero-order valence-corrected chi connectivity index (χ0v) is 25.7. The zero-order chi connectivity index (χ0) is 18.2. The van der Waals surface area contributed by atoms with Crippen molar-refractivity contribution in [2.45, 2.75) is 72.3 Å². The predicted octanol–water partition coefficient (Wildman–Crippen LogP) is 8.00. The molecule has 0 amide bonds. The van der Waals surface area contributed by atoms with Crippen LogP contribution in [-0.2, 0) is 22.4 Å². The fourth-order valence-electron chi connectivity index (χ4n) is 0. The van der Waals surface area contributed by atoms with Crippen LogP contribution in [0.4, 0.5) is 0 Å². The number of alkyl halides is 6. The minimum Gasteiger partial charge on any atom is -0.109 e. The average Bonchev–Trinajstić information content (AvgIpc) is 2.14. The molecule has 0 aliphatic carbocycles. The van der Waals surface area contributed by atoms with E-state index in [-0.39, 0.29) is 35.8 Å². The number of halogens is 6. The van der Waals surface area contributed by atoms with Crippen molar-refractivity contribution >= 4 is 93.8 Å². The molecule has 1 radical (unpaired) electrons. The molecule has 0 saturated carbocycles. The summed E-state index contributed by atoms with van der Waals surface area (Å²) < 4.78 is -0.354. The quantitative estimate of drug-likeness (QED) is 0.214. The molecule has 0 aromatic carbocycles. The van der Waals surface area contributed by atoms with Crippen LogP contribution in [0, 0.1) is 0 Å². The first-order valence-electron chi connectivity index (χ1n) is 6.68. The molecule has 0 aliphatic heterocycles. The fraction of sp³-hybridized carbons (Fsp3) is 1.00. The predicted molar refractivity (Wildman–Crippen MR) is 117 cm³/mol. The molecule has 0 aromatic heterocycles. The summed E-state index contributed by atoms with van der Waals surface area (Å²) in [7, 11) is -3.61. The van der Waals surface area contributed by atoms with Crippen LogP contribution >= 0.6 is 69.6 Å². The Labute approximate surface area is 186 Å². The summed E-state index contributed by atoms with van der Waals surface area (Å²) >= 11 is 33.5. The second kappa shape index (κ2) is 14.2. The molecule has 0 fully saturated rings. The normalized spacial score (nSPS) is 12.3. The Kier molecular flexibility index (Phi) is 21.2. The van der Waals surface area contributed by atoms with E-state index >= 15 is 0 Å². The Balaban J connectivity index is -0.000000108. The van der Waals surface area contributed by atoms with Gasteiger partial charge in [0.1, 0.15) is 0 Å². The van der Waals surface area contributed by atoms with Gasteiger partial charge in [-0.3, -0.25) is 0 Å². The maximum Gasteiger partial charge on any atom is 0.0969 e. The van der Waals surface area contributed by atoms with Crippen molar-refractivity contribution in [1.82, 2.24) is 0 Å². The molecular weight excluding hydrogens is 622 g/mol. The third kappa shape index (κ3) is 25.4. The van der Waals surface area contributed by atoms with E-state index in [1.54, 1.807) is 0 Å². The summed E-state index contributed by atoms with van der Waals surface area (Å²) in [5, 5.41) is 0. The minimum absolute atomic E-state index is 0. The minimum atomic E-state index is -1.20. The molecule has 0 nitrogen and oxygen atoms in total. The molecule has 0 heterocycles. The van der Waals surface area contributed by atoms with Gasteiger partial charge in [-0.25, -0.2) is 0 Å². The van der Waals surface area contributed by atoms with Crippen molar-refractivity contribution in [3.05, 3.63) is 0 Å². The average molecular weight is 652 g/mol. The van der Waals surface area contributed by atoms with Gasteiger partial charge < -0.3 is 0 Å². The first-order chi connectivity index (χ1) is 8.83. The summed E-state index contributed by atoms with van der Waals surface area (Å²) in [6.45, 7) is 19.2. The first-order valence-corrected chi connectivity index (χ1v) is 20.0. The second-order valence-corrected chi connectivity index (χ2v) is 29.4. The summed E-state index contributed by atoms with van der Waals surface area (Å²) in [6.07, 6.45) is 0. The Morgan fingerprint density at radius 1 is 0.409 bits per heavy atom. The Morgan fingerprint density at radius 3 is 0.455 bits per heavy atom. The molecule has 0 rings (SSSR count). The van der Waals surface area contributed by atoms with E-state index in [4.69, 9.17) is 69.6 Å². The molecule has 0 atom stereocenters. The van der Waals surface area contributed by atoms with Crippen LogP contribution in [0.2, 0.25) is 58.9 Å². The van der Waals surface area contributed by atoms with E-state index in [2.05, 4.69) is 58.9 Å². The fourth-order valence-corrected chi connectivity index (χ4v) is 0. The molecule has 0 aromatic rings. The van der Waals surface area contributed by atoms with Gasteiger partial charge in [0.25, 0.3) is 0 Å². The van der Waals surface area contributed by atoms with Gasteiger partial charge in [-0.2, -0.15) is 0 Å². The van der Waals surface area contributed by atoms with Crippen molar-refractivity contribution in [3.63, 3.8) is 0 Å². The van der Waals surface area contributed by atoms with E-state index in [0.717, 1.165) is 0 Å². The summed E-state index contributed by atoms with van der Waals surface area (Å²) in [4.78, 5) is 0. The van der Waals surface area contributed by atoms with Crippen molar-refractivity contribution in [2.75, 3.05) is 0 Å². The molecule has 0 N–H and O–H groups in total. The molecule has 0 bridgehead atoms. The summed E-state index contributed by atoms with van der Waals surface area (Å²) in [5.41, 5.74) is 0. The van der Waals surface area contributed by atoms with Gasteiger partial charge in [-0.1, -0.05) is 58.9 Å². The maximum absolute atomic E-state index is 5.58. The third-order valence-corrected chi connectivity index (χ3v) is 17.7. The van der Waals surface area contributed by atoms with Gasteiger partial charge in [-0.05, 0) is 0 Å². The monoisotopic (exact) mass is 649 g/mol. The second-order valence-electron chi connectivity index (χ2n) is 8.00. The van der Waals surface area contributed by atoms with E-state index in [9.17, 15) is 0 Å². The van der Waals surface area contributed by atoms with E-state index < -0.39 is 24.2 Å². The molecular formula is C12H30Cl6Si3Ta. The number of hydrogen-bond acceptors (Lipinski definition) is 0. The number of hydrogen-bond donors (Lipinski definition) is 0. The van der Waals surface area contributed by atoms with Crippen molar-refractivity contribution in [2.24, 2.45) is 0 Å². The van der Waals surface area contributed by atoms with Crippen LogP contribution in [0.1, 0.15) is 0 Å². The van der Waals surface area contributed by atoms with Crippen molar-refractivity contribution in [3.8, 4) is 0 Å². The SMILES string of the molecule is C[Si](C)(C)C(Cl)Cl.C[Si](C)(C)C(Cl)Cl.C[Si](C)(C)C(Cl)Cl.[Ta]. The molecule has 0 saturated heterocycles. The first kappa shape index (κ1) is 32.8. The van der Waals surface area contributed by atoms with Crippen LogP contribution in [0.5, 0.6) is 0 Å². The zero-order valence-electron chi connectivity index (χ0n) is 14.9. The van der Waals surface area contributed by atoms with Gasteiger partial charge in [-0.15, -0.1) is 69.6 Å².